The number of ketones is 1. The first-order chi connectivity index (χ1) is 16.2. The minimum atomic E-state index is -1.74. The van der Waals surface area contributed by atoms with Crippen molar-refractivity contribution < 1.29 is 33.4 Å². The largest absolute Gasteiger partial charge is 0.460 e. The van der Waals surface area contributed by atoms with Gasteiger partial charge in [-0.25, -0.2) is 14.0 Å². The molecule has 0 unspecified atom stereocenters. The van der Waals surface area contributed by atoms with Crippen molar-refractivity contribution in [2.24, 2.45) is 34.5 Å². The highest BCUT2D eigenvalue weighted by Gasteiger charge is 2.74. The van der Waals surface area contributed by atoms with Crippen LogP contribution >= 0.6 is 23.2 Å². The van der Waals surface area contributed by atoms with Crippen molar-refractivity contribution in [1.82, 2.24) is 0 Å². The number of rotatable bonds is 4. The highest BCUT2D eigenvalue weighted by Crippen LogP contribution is 2.69. The average Bonchev–Trinajstić information content (AvgIpc) is 2.96. The van der Waals surface area contributed by atoms with Gasteiger partial charge in [0.25, 0.3) is 0 Å². The Kier molecular flexibility index (Phi) is 6.73. The molecule has 194 valence electrons. The predicted octanol–water partition coefficient (Wildman–Crippen LogP) is 4.50. The third-order valence-corrected chi connectivity index (χ3v) is 9.46. The Morgan fingerprint density at radius 1 is 1.23 bits per heavy atom. The molecule has 1 N–H and O–H groups in total. The molecule has 0 bridgehead atoms. The molecule has 0 saturated heterocycles. The number of carbonyl (C=O) groups excluding carboxylic acids is 3. The third-order valence-electron chi connectivity index (χ3n) is 9.10. The Balaban J connectivity index is 1.83. The second-order valence-corrected chi connectivity index (χ2v) is 12.5. The van der Waals surface area contributed by atoms with Crippen LogP contribution in [0.15, 0.2) is 23.8 Å². The Hall–Kier alpha value is -1.44. The van der Waals surface area contributed by atoms with E-state index in [0.29, 0.717) is 12.0 Å². The molecule has 0 amide bonds. The predicted molar refractivity (Wildman–Crippen MR) is 128 cm³/mol. The molecule has 0 aromatic heterocycles. The molecule has 4 rings (SSSR count). The summed E-state index contributed by atoms with van der Waals surface area (Å²) < 4.78 is 27.1. The minimum Gasteiger partial charge on any atom is -0.460 e. The summed E-state index contributed by atoms with van der Waals surface area (Å²) in [4.78, 5) is 36.9. The normalized spacial score (nSPS) is 44.4. The smallest absolute Gasteiger partial charge is 0.351 e. The topological polar surface area (TPSA) is 89.9 Å². The fraction of sp³-hybridized carbons (Fsp3) is 0.731. The van der Waals surface area contributed by atoms with E-state index in [0.717, 1.165) is 0 Å². The van der Waals surface area contributed by atoms with Gasteiger partial charge in [-0.1, -0.05) is 50.0 Å². The van der Waals surface area contributed by atoms with E-state index in [2.05, 4.69) is 0 Å². The Labute approximate surface area is 215 Å². The summed E-state index contributed by atoms with van der Waals surface area (Å²) in [7, 11) is 0. The van der Waals surface area contributed by atoms with Gasteiger partial charge in [-0.15, -0.1) is 0 Å². The lowest BCUT2D eigenvalue weighted by molar-refractivity contribution is -0.220. The zero-order valence-electron chi connectivity index (χ0n) is 20.6. The van der Waals surface area contributed by atoms with E-state index in [9.17, 15) is 19.5 Å². The summed E-state index contributed by atoms with van der Waals surface area (Å²) >= 11 is 11.6. The molecule has 35 heavy (non-hydrogen) atoms. The molecule has 9 heteroatoms. The van der Waals surface area contributed by atoms with Gasteiger partial charge in [0.2, 0.25) is 10.4 Å². The lowest BCUT2D eigenvalue weighted by Crippen LogP contribution is -2.65. The second kappa shape index (κ2) is 8.84. The number of aliphatic hydroxyl groups excluding tert-OH is 1. The number of esters is 2. The number of hydrogen-bond donors (Lipinski definition) is 1. The molecule has 3 saturated carbocycles. The zero-order valence-corrected chi connectivity index (χ0v) is 22.1. The number of allylic oxidation sites excluding steroid dienone is 4. The van der Waals surface area contributed by atoms with Crippen molar-refractivity contribution >= 4 is 40.9 Å². The van der Waals surface area contributed by atoms with Crippen molar-refractivity contribution in [1.29, 1.82) is 0 Å². The van der Waals surface area contributed by atoms with Crippen molar-refractivity contribution in [3.8, 4) is 0 Å². The zero-order chi connectivity index (χ0) is 26.1. The number of hydrogen-bond acceptors (Lipinski definition) is 6. The first-order valence-electron chi connectivity index (χ1n) is 12.2. The molecular formula is C26H33Cl2FO6. The second-order valence-electron chi connectivity index (χ2n) is 11.4. The van der Waals surface area contributed by atoms with E-state index < -0.39 is 57.5 Å². The fourth-order valence-corrected chi connectivity index (χ4v) is 7.94. The average molecular weight is 531 g/mol. The van der Waals surface area contributed by atoms with Crippen LogP contribution in [0.2, 0.25) is 0 Å². The van der Waals surface area contributed by atoms with Crippen LogP contribution in [0.5, 0.6) is 0 Å². The first-order valence-corrected chi connectivity index (χ1v) is 13.1. The van der Waals surface area contributed by atoms with Crippen LogP contribution in [0.1, 0.15) is 53.9 Å². The first kappa shape index (κ1) is 26.6. The van der Waals surface area contributed by atoms with Gasteiger partial charge in [-0.3, -0.25) is 4.79 Å². The molecular weight excluding hydrogens is 498 g/mol. The quantitative estimate of drug-likeness (QED) is 0.425. The summed E-state index contributed by atoms with van der Waals surface area (Å²) in [6, 6.07) is 0. The van der Waals surface area contributed by atoms with E-state index in [1.54, 1.807) is 26.8 Å². The minimum absolute atomic E-state index is 0.105. The molecule has 4 aliphatic carbocycles. The van der Waals surface area contributed by atoms with E-state index in [1.165, 1.54) is 12.2 Å². The summed E-state index contributed by atoms with van der Waals surface area (Å²) in [5.41, 5.74) is -3.24. The summed E-state index contributed by atoms with van der Waals surface area (Å²) in [6.45, 7) is 8.88. The maximum atomic E-state index is 15.6. The lowest BCUT2D eigenvalue weighted by atomic mass is 9.46. The molecule has 0 aromatic rings. The third kappa shape index (κ3) is 3.79. The Bertz CT molecular complexity index is 994. The summed E-state index contributed by atoms with van der Waals surface area (Å²) in [5.74, 6) is -3.37. The lowest BCUT2D eigenvalue weighted by Gasteiger charge is -2.60. The standard InChI is InChI=1S/C26H33Cl2FO6/c1-12(2)34-23(33)26(35-22(32)21(27)28)13(3)8-16-15-10-18(29)17-9-14(30)6-7-24(17,4)20(15)19(31)11-25(16,26)5/h6-7,9,12-13,15-16,18-21,31H,8,10-11H2,1-5H3/t13-,15+,16+,18+,19+,20-,24+,25+,26+/m1/s1. The van der Waals surface area contributed by atoms with Gasteiger partial charge in [-0.2, -0.15) is 0 Å². The number of carbonyl (C=O) groups is 3. The Morgan fingerprint density at radius 2 is 1.89 bits per heavy atom. The number of halogens is 3. The molecule has 6 nitrogen and oxygen atoms in total. The van der Waals surface area contributed by atoms with Gasteiger partial charge in [0.1, 0.15) is 6.17 Å². The van der Waals surface area contributed by atoms with E-state index in [4.69, 9.17) is 32.7 Å². The number of aliphatic hydroxyl groups is 1. The van der Waals surface area contributed by atoms with Gasteiger partial charge in [0.05, 0.1) is 12.2 Å². The maximum absolute atomic E-state index is 15.6. The molecule has 0 heterocycles. The molecule has 0 aromatic carbocycles. The number of ether oxygens (including phenoxy) is 2. The summed E-state index contributed by atoms with van der Waals surface area (Å²) in [5, 5.41) is 11.6. The highest BCUT2D eigenvalue weighted by molar-refractivity contribution is 6.53. The van der Waals surface area contributed by atoms with Crippen LogP contribution in [-0.2, 0) is 23.9 Å². The van der Waals surface area contributed by atoms with Crippen LogP contribution in [0.4, 0.5) is 4.39 Å². The van der Waals surface area contributed by atoms with E-state index in [-0.39, 0.29) is 36.4 Å². The Morgan fingerprint density at radius 3 is 2.49 bits per heavy atom. The summed E-state index contributed by atoms with van der Waals surface area (Å²) in [6.07, 6.45) is 2.41. The number of fused-ring (bicyclic) bond motifs is 5. The van der Waals surface area contributed by atoms with Gasteiger partial charge < -0.3 is 14.6 Å². The fourth-order valence-electron chi connectivity index (χ4n) is 7.85. The van der Waals surface area contributed by atoms with E-state index >= 15 is 4.39 Å². The van der Waals surface area contributed by atoms with Gasteiger partial charge in [0, 0.05) is 22.7 Å². The van der Waals surface area contributed by atoms with Gasteiger partial charge in [0.15, 0.2) is 5.78 Å². The molecule has 0 aliphatic heterocycles. The van der Waals surface area contributed by atoms with Crippen LogP contribution in [0.3, 0.4) is 0 Å². The molecule has 3 fully saturated rings. The van der Waals surface area contributed by atoms with Crippen LogP contribution in [-0.4, -0.2) is 51.6 Å². The molecule has 9 atom stereocenters. The van der Waals surface area contributed by atoms with Crippen molar-refractivity contribution in [2.75, 3.05) is 0 Å². The van der Waals surface area contributed by atoms with Crippen LogP contribution in [0.25, 0.3) is 0 Å². The monoisotopic (exact) mass is 530 g/mol. The SMILES string of the molecule is CC(C)OC(=O)[C@@]1(OC(=O)C(Cl)Cl)[C@H](C)C[C@H]2[C@@H]3C[C@H](F)C4=CC(=O)C=C[C@]4(C)[C@H]3[C@@H](O)C[C@@]21C. The van der Waals surface area contributed by atoms with Gasteiger partial charge in [-0.05, 0) is 62.7 Å². The highest BCUT2D eigenvalue weighted by atomic mass is 35.5. The molecule has 4 aliphatic rings. The van der Waals surface area contributed by atoms with Crippen LogP contribution < -0.4 is 0 Å². The molecule has 0 spiro atoms. The molecule has 0 radical (unpaired) electrons. The van der Waals surface area contributed by atoms with Crippen LogP contribution in [0, 0.1) is 34.5 Å². The van der Waals surface area contributed by atoms with Gasteiger partial charge >= 0.3 is 11.9 Å². The number of alkyl halides is 3. The van der Waals surface area contributed by atoms with Crippen molar-refractivity contribution in [3.05, 3.63) is 23.8 Å². The van der Waals surface area contributed by atoms with Crippen molar-refractivity contribution in [2.45, 2.75) is 82.7 Å². The maximum Gasteiger partial charge on any atom is 0.351 e. The van der Waals surface area contributed by atoms with E-state index in [1.807, 2.05) is 13.8 Å². The van der Waals surface area contributed by atoms with Crippen molar-refractivity contribution in [3.63, 3.8) is 0 Å².